The molecule has 2 aliphatic rings. The highest BCUT2D eigenvalue weighted by Gasteiger charge is 2.42. The Bertz CT molecular complexity index is 432. The summed E-state index contributed by atoms with van der Waals surface area (Å²) in [5, 5.41) is 3.28. The summed E-state index contributed by atoms with van der Waals surface area (Å²) in [7, 11) is 0. The van der Waals surface area contributed by atoms with Gasteiger partial charge in [0.25, 0.3) is 0 Å². The largest absolute Gasteiger partial charge is 0.385 e. The second-order valence-electron chi connectivity index (χ2n) is 4.49. The molecular formula is C13H14ClN. The molecule has 1 nitrogen and oxygen atoms in total. The molecule has 1 aromatic rings. The molecular weight excluding hydrogens is 206 g/mol. The van der Waals surface area contributed by atoms with E-state index < -0.39 is 0 Å². The lowest BCUT2D eigenvalue weighted by molar-refractivity contribution is 0.811. The van der Waals surface area contributed by atoms with Crippen LogP contribution in [0.5, 0.6) is 0 Å². The van der Waals surface area contributed by atoms with E-state index in [1.807, 2.05) is 0 Å². The van der Waals surface area contributed by atoms with E-state index in [-0.39, 0.29) is 4.87 Å². The first-order valence-electron chi connectivity index (χ1n) is 5.44. The zero-order valence-corrected chi connectivity index (χ0v) is 9.40. The molecule has 1 aliphatic heterocycles. The predicted octanol–water partition coefficient (Wildman–Crippen LogP) is 3.03. The lowest BCUT2D eigenvalue weighted by Crippen LogP contribution is -2.22. The fourth-order valence-electron chi connectivity index (χ4n) is 2.22. The van der Waals surface area contributed by atoms with Crippen molar-refractivity contribution in [2.24, 2.45) is 0 Å². The van der Waals surface area contributed by atoms with E-state index in [4.69, 9.17) is 11.6 Å². The molecule has 1 heterocycles. The van der Waals surface area contributed by atoms with Crippen LogP contribution in [0.4, 0.5) is 0 Å². The van der Waals surface area contributed by atoms with Crippen LogP contribution >= 0.6 is 11.6 Å². The highest BCUT2D eigenvalue weighted by molar-refractivity contribution is 6.25. The summed E-state index contributed by atoms with van der Waals surface area (Å²) in [6, 6.07) is 6.57. The van der Waals surface area contributed by atoms with Gasteiger partial charge in [0.2, 0.25) is 0 Å². The Labute approximate surface area is 95.1 Å². The van der Waals surface area contributed by atoms with Gasteiger partial charge in [0, 0.05) is 17.8 Å². The summed E-state index contributed by atoms with van der Waals surface area (Å²) in [6.45, 7) is 5.01. The van der Waals surface area contributed by atoms with E-state index in [9.17, 15) is 0 Å². The van der Waals surface area contributed by atoms with Crippen LogP contribution in [0, 0.1) is 0 Å². The van der Waals surface area contributed by atoms with Crippen molar-refractivity contribution in [3.8, 4) is 0 Å². The monoisotopic (exact) mass is 219 g/mol. The molecule has 0 atom stereocenters. The molecule has 0 aromatic heterocycles. The first-order chi connectivity index (χ1) is 7.19. The maximum absolute atomic E-state index is 6.41. The highest BCUT2D eigenvalue weighted by atomic mass is 35.5. The molecule has 1 saturated carbocycles. The molecule has 15 heavy (non-hydrogen) atoms. The lowest BCUT2D eigenvalue weighted by Gasteiger charge is -2.21. The van der Waals surface area contributed by atoms with Crippen LogP contribution < -0.4 is 5.32 Å². The number of alkyl halides is 1. The van der Waals surface area contributed by atoms with E-state index in [0.29, 0.717) is 0 Å². The average Bonchev–Trinajstić information content (AvgIpc) is 2.98. The summed E-state index contributed by atoms with van der Waals surface area (Å²) >= 11 is 6.41. The number of hydrogen-bond acceptors (Lipinski definition) is 1. The van der Waals surface area contributed by atoms with Gasteiger partial charge in [-0.1, -0.05) is 24.8 Å². The maximum atomic E-state index is 6.41. The average molecular weight is 220 g/mol. The maximum Gasteiger partial charge on any atom is 0.0696 e. The first kappa shape index (κ1) is 9.29. The zero-order valence-electron chi connectivity index (χ0n) is 8.65. The molecule has 0 bridgehead atoms. The molecule has 0 saturated heterocycles. The lowest BCUT2D eigenvalue weighted by atomic mass is 9.95. The van der Waals surface area contributed by atoms with Gasteiger partial charge < -0.3 is 5.32 Å². The van der Waals surface area contributed by atoms with Gasteiger partial charge in [-0.3, -0.25) is 0 Å². The topological polar surface area (TPSA) is 12.0 Å². The number of nitrogens with one attached hydrogen (secondary N) is 1. The van der Waals surface area contributed by atoms with E-state index in [1.54, 1.807) is 0 Å². The molecule has 78 valence electrons. The minimum absolute atomic E-state index is 0.0404. The van der Waals surface area contributed by atoms with Gasteiger partial charge in [-0.05, 0) is 30.4 Å². The van der Waals surface area contributed by atoms with Crippen LogP contribution in [-0.4, -0.2) is 6.54 Å². The summed E-state index contributed by atoms with van der Waals surface area (Å²) < 4.78 is 0. The Balaban J connectivity index is 2.05. The molecule has 0 unspecified atom stereocenters. The summed E-state index contributed by atoms with van der Waals surface area (Å²) in [5.41, 5.74) is 4.98. The van der Waals surface area contributed by atoms with Crippen LogP contribution in [0.15, 0.2) is 24.8 Å². The molecule has 1 fully saturated rings. The van der Waals surface area contributed by atoms with Gasteiger partial charge in [0.15, 0.2) is 0 Å². The summed E-state index contributed by atoms with van der Waals surface area (Å²) in [6.07, 6.45) is 3.31. The highest BCUT2D eigenvalue weighted by Crippen LogP contribution is 2.52. The first-order valence-corrected chi connectivity index (χ1v) is 5.82. The fraction of sp³-hybridized carbons (Fsp3) is 0.385. The number of halogens is 1. The van der Waals surface area contributed by atoms with Crippen LogP contribution in [0.3, 0.4) is 0 Å². The van der Waals surface area contributed by atoms with Crippen molar-refractivity contribution in [3.05, 3.63) is 41.5 Å². The molecule has 1 N–H and O–H groups in total. The Morgan fingerprint density at radius 2 is 2.13 bits per heavy atom. The van der Waals surface area contributed by atoms with Crippen molar-refractivity contribution in [1.29, 1.82) is 0 Å². The SMILES string of the molecule is C=C1NCCc2cc(C3(Cl)CC3)ccc21. The molecule has 2 heteroatoms. The van der Waals surface area contributed by atoms with Crippen LogP contribution in [0.1, 0.15) is 29.5 Å². The molecule has 0 amide bonds. The van der Waals surface area contributed by atoms with Crippen molar-refractivity contribution in [2.45, 2.75) is 24.1 Å². The van der Waals surface area contributed by atoms with Crippen molar-refractivity contribution < 1.29 is 0 Å². The number of rotatable bonds is 1. The summed E-state index contributed by atoms with van der Waals surface area (Å²) in [4.78, 5) is -0.0404. The van der Waals surface area contributed by atoms with E-state index in [2.05, 4.69) is 30.1 Å². The third-order valence-electron chi connectivity index (χ3n) is 3.37. The molecule has 0 radical (unpaired) electrons. The van der Waals surface area contributed by atoms with Crippen LogP contribution in [0.25, 0.3) is 5.70 Å². The summed E-state index contributed by atoms with van der Waals surface area (Å²) in [5.74, 6) is 0. The molecule has 0 spiro atoms. The molecule has 1 aromatic carbocycles. The predicted molar refractivity (Wildman–Crippen MR) is 63.9 cm³/mol. The Morgan fingerprint density at radius 1 is 1.33 bits per heavy atom. The van der Waals surface area contributed by atoms with Crippen LogP contribution in [-0.2, 0) is 11.3 Å². The van der Waals surface area contributed by atoms with Crippen molar-refractivity contribution in [2.75, 3.05) is 6.54 Å². The Hall–Kier alpha value is -0.950. The Kier molecular flexibility index (Phi) is 1.87. The third-order valence-corrected chi connectivity index (χ3v) is 3.97. The number of hydrogen-bond donors (Lipinski definition) is 1. The van der Waals surface area contributed by atoms with Gasteiger partial charge in [0.05, 0.1) is 4.87 Å². The smallest absolute Gasteiger partial charge is 0.0696 e. The minimum Gasteiger partial charge on any atom is -0.385 e. The minimum atomic E-state index is -0.0404. The fourth-order valence-corrected chi connectivity index (χ4v) is 2.43. The van der Waals surface area contributed by atoms with Gasteiger partial charge in [-0.2, -0.15) is 0 Å². The van der Waals surface area contributed by atoms with Crippen molar-refractivity contribution in [1.82, 2.24) is 5.32 Å². The molecule has 3 rings (SSSR count). The van der Waals surface area contributed by atoms with E-state index in [1.165, 1.54) is 16.7 Å². The quantitative estimate of drug-likeness (QED) is 0.716. The zero-order chi connectivity index (χ0) is 10.5. The van der Waals surface area contributed by atoms with Gasteiger partial charge in [-0.25, -0.2) is 0 Å². The molecule has 1 aliphatic carbocycles. The normalized spacial score (nSPS) is 21.8. The second-order valence-corrected chi connectivity index (χ2v) is 5.22. The van der Waals surface area contributed by atoms with Gasteiger partial charge in [-0.15, -0.1) is 11.6 Å². The number of fused-ring (bicyclic) bond motifs is 1. The standard InChI is InChI=1S/C13H14ClN/c1-9-12-3-2-11(13(14)5-6-13)8-10(12)4-7-15-9/h2-3,8,15H,1,4-7H2. The van der Waals surface area contributed by atoms with Crippen LogP contribution in [0.2, 0.25) is 0 Å². The van der Waals surface area contributed by atoms with E-state index >= 15 is 0 Å². The third kappa shape index (κ3) is 1.46. The van der Waals surface area contributed by atoms with Gasteiger partial charge >= 0.3 is 0 Å². The van der Waals surface area contributed by atoms with Crippen molar-refractivity contribution >= 4 is 17.3 Å². The second kappa shape index (κ2) is 3.02. The van der Waals surface area contributed by atoms with Gasteiger partial charge in [0.1, 0.15) is 0 Å². The van der Waals surface area contributed by atoms with Crippen molar-refractivity contribution in [3.63, 3.8) is 0 Å². The Morgan fingerprint density at radius 3 is 2.87 bits per heavy atom. The number of benzene rings is 1. The van der Waals surface area contributed by atoms with E-state index in [0.717, 1.165) is 31.5 Å².